The highest BCUT2D eigenvalue weighted by Crippen LogP contribution is 2.32. The van der Waals surface area contributed by atoms with Gasteiger partial charge in [-0.15, -0.1) is 5.10 Å². The Bertz CT molecular complexity index is 766. The molecule has 154 valence electrons. The van der Waals surface area contributed by atoms with Gasteiger partial charge in [0.1, 0.15) is 0 Å². The summed E-state index contributed by atoms with van der Waals surface area (Å²) in [5, 5.41) is 13.0. The van der Waals surface area contributed by atoms with Crippen molar-refractivity contribution in [1.82, 2.24) is 20.2 Å². The molecule has 7 heteroatoms. The molecule has 3 rings (SSSR count). The molecule has 2 heterocycles. The maximum atomic E-state index is 5.58. The standard InChI is InChI=1S/C21H33N5O2/c1-6-21(2,3)26-20(22-23-24-26)19(25-13-9-7-8-10-14-25)16-11-12-17(27-4)18(15-16)28-5/h11-12,15,19H,6-10,13-14H2,1-5H3/p+1/t19-/m1/s1. The average Bonchev–Trinajstić information content (AvgIpc) is 3.05. The molecule has 1 aliphatic rings. The molecule has 7 nitrogen and oxygen atoms in total. The van der Waals surface area contributed by atoms with E-state index in [0.29, 0.717) is 0 Å². The van der Waals surface area contributed by atoms with Crippen LogP contribution in [0.1, 0.15) is 70.3 Å². The van der Waals surface area contributed by atoms with Crippen molar-refractivity contribution < 1.29 is 14.4 Å². The first-order valence-corrected chi connectivity index (χ1v) is 10.4. The van der Waals surface area contributed by atoms with E-state index in [-0.39, 0.29) is 11.6 Å². The first-order chi connectivity index (χ1) is 13.5. The van der Waals surface area contributed by atoms with Gasteiger partial charge in [0, 0.05) is 5.56 Å². The zero-order chi connectivity index (χ0) is 20.1. The van der Waals surface area contributed by atoms with Crippen molar-refractivity contribution in [3.05, 3.63) is 29.6 Å². The second-order valence-corrected chi connectivity index (χ2v) is 8.23. The minimum Gasteiger partial charge on any atom is -0.493 e. The predicted octanol–water partition coefficient (Wildman–Crippen LogP) is 2.38. The normalized spacial score (nSPS) is 17.2. The lowest BCUT2D eigenvalue weighted by atomic mass is 9.99. The van der Waals surface area contributed by atoms with Gasteiger partial charge in [0.25, 0.3) is 0 Å². The van der Waals surface area contributed by atoms with Crippen LogP contribution >= 0.6 is 0 Å². The Kier molecular flexibility index (Phi) is 6.54. The van der Waals surface area contributed by atoms with Crippen LogP contribution in [-0.2, 0) is 5.54 Å². The Morgan fingerprint density at radius 3 is 2.36 bits per heavy atom. The van der Waals surface area contributed by atoms with Crippen LogP contribution < -0.4 is 14.4 Å². The zero-order valence-electron chi connectivity index (χ0n) is 17.9. The number of hydrogen-bond acceptors (Lipinski definition) is 5. The summed E-state index contributed by atoms with van der Waals surface area (Å²) in [7, 11) is 3.35. The molecule has 1 N–H and O–H groups in total. The van der Waals surface area contributed by atoms with Gasteiger partial charge in [0.15, 0.2) is 17.5 Å². The number of rotatable bonds is 7. The molecule has 2 aromatic rings. The monoisotopic (exact) mass is 388 g/mol. The SMILES string of the molecule is CCC(C)(C)n1nnnc1[C@@H](c1ccc(OC)c(OC)c1)[NH+]1CCCCCC1. The highest BCUT2D eigenvalue weighted by molar-refractivity contribution is 5.44. The molecular formula is C21H34N5O2+. The molecule has 0 radical (unpaired) electrons. The Balaban J connectivity index is 2.10. The average molecular weight is 389 g/mol. The van der Waals surface area contributed by atoms with Crippen LogP contribution in [-0.4, -0.2) is 47.5 Å². The van der Waals surface area contributed by atoms with Gasteiger partial charge in [-0.25, -0.2) is 4.68 Å². The molecule has 1 aliphatic heterocycles. The quantitative estimate of drug-likeness (QED) is 0.789. The fraction of sp³-hybridized carbons (Fsp3) is 0.667. The minimum atomic E-state index is -0.140. The van der Waals surface area contributed by atoms with E-state index in [1.165, 1.54) is 30.6 Å². The van der Waals surface area contributed by atoms with E-state index in [1.54, 1.807) is 14.2 Å². The smallest absolute Gasteiger partial charge is 0.214 e. The van der Waals surface area contributed by atoms with Crippen LogP contribution in [0.3, 0.4) is 0 Å². The molecule has 0 unspecified atom stereocenters. The van der Waals surface area contributed by atoms with Gasteiger partial charge >= 0.3 is 0 Å². The molecule has 28 heavy (non-hydrogen) atoms. The summed E-state index contributed by atoms with van der Waals surface area (Å²) < 4.78 is 13.0. The van der Waals surface area contributed by atoms with Crippen LogP contribution in [0.25, 0.3) is 0 Å². The first kappa shape index (κ1) is 20.6. The maximum absolute atomic E-state index is 5.58. The van der Waals surface area contributed by atoms with Crippen molar-refractivity contribution in [2.45, 2.75) is 64.5 Å². The molecule has 0 spiro atoms. The number of benzene rings is 1. The summed E-state index contributed by atoms with van der Waals surface area (Å²) in [6.07, 6.45) is 6.02. The molecule has 1 aromatic carbocycles. The van der Waals surface area contributed by atoms with Crippen LogP contribution in [0.4, 0.5) is 0 Å². The fourth-order valence-corrected chi connectivity index (χ4v) is 4.03. The van der Waals surface area contributed by atoms with E-state index >= 15 is 0 Å². The van der Waals surface area contributed by atoms with Gasteiger partial charge in [0.2, 0.25) is 5.82 Å². The van der Waals surface area contributed by atoms with E-state index in [9.17, 15) is 0 Å². The molecule has 1 atom stereocenters. The highest BCUT2D eigenvalue weighted by Gasteiger charge is 2.36. The van der Waals surface area contributed by atoms with Crippen LogP contribution in [0.15, 0.2) is 18.2 Å². The lowest BCUT2D eigenvalue weighted by Gasteiger charge is -2.31. The Morgan fingerprint density at radius 1 is 1.07 bits per heavy atom. The van der Waals surface area contributed by atoms with Gasteiger partial charge in [0.05, 0.1) is 32.8 Å². The molecule has 0 amide bonds. The van der Waals surface area contributed by atoms with Crippen LogP contribution in [0.5, 0.6) is 11.5 Å². The zero-order valence-corrected chi connectivity index (χ0v) is 17.9. The van der Waals surface area contributed by atoms with Crippen LogP contribution in [0.2, 0.25) is 0 Å². The number of nitrogens with zero attached hydrogens (tertiary/aromatic N) is 4. The van der Waals surface area contributed by atoms with Gasteiger partial charge < -0.3 is 14.4 Å². The summed E-state index contributed by atoms with van der Waals surface area (Å²) in [6, 6.07) is 6.26. The summed E-state index contributed by atoms with van der Waals surface area (Å²) in [6.45, 7) is 8.80. The van der Waals surface area contributed by atoms with Crippen molar-refractivity contribution >= 4 is 0 Å². The summed E-state index contributed by atoms with van der Waals surface area (Å²) in [5.74, 6) is 2.41. The van der Waals surface area contributed by atoms with Crippen molar-refractivity contribution in [3.63, 3.8) is 0 Å². The molecule has 0 aliphatic carbocycles. The number of tetrazole rings is 1. The Labute approximate surface area is 168 Å². The number of aromatic nitrogens is 4. The lowest BCUT2D eigenvalue weighted by molar-refractivity contribution is -0.925. The third-order valence-electron chi connectivity index (χ3n) is 6.09. The third kappa shape index (κ3) is 4.14. The van der Waals surface area contributed by atoms with Gasteiger partial charge in [-0.05, 0) is 74.6 Å². The van der Waals surface area contributed by atoms with Gasteiger partial charge in [-0.2, -0.15) is 0 Å². The minimum absolute atomic E-state index is 0.0683. The fourth-order valence-electron chi connectivity index (χ4n) is 4.03. The van der Waals surface area contributed by atoms with Crippen molar-refractivity contribution in [3.8, 4) is 11.5 Å². The van der Waals surface area contributed by atoms with E-state index < -0.39 is 0 Å². The number of nitrogens with one attached hydrogen (secondary N) is 1. The predicted molar refractivity (Wildman–Crippen MR) is 108 cm³/mol. The Morgan fingerprint density at radius 2 is 1.75 bits per heavy atom. The third-order valence-corrected chi connectivity index (χ3v) is 6.09. The van der Waals surface area contributed by atoms with Gasteiger partial charge in [-0.3, -0.25) is 0 Å². The van der Waals surface area contributed by atoms with Crippen LogP contribution in [0, 0.1) is 0 Å². The highest BCUT2D eigenvalue weighted by atomic mass is 16.5. The second kappa shape index (κ2) is 8.90. The van der Waals surface area contributed by atoms with Crippen molar-refractivity contribution in [2.24, 2.45) is 0 Å². The van der Waals surface area contributed by atoms with E-state index in [1.807, 2.05) is 10.7 Å². The number of methoxy groups -OCH3 is 2. The topological polar surface area (TPSA) is 66.5 Å². The van der Waals surface area contributed by atoms with E-state index in [2.05, 4.69) is 48.4 Å². The summed E-state index contributed by atoms with van der Waals surface area (Å²) in [5.41, 5.74) is 1.02. The van der Waals surface area contributed by atoms with Gasteiger partial charge in [-0.1, -0.05) is 6.92 Å². The molecular weight excluding hydrogens is 354 g/mol. The number of hydrogen-bond donors (Lipinski definition) is 1. The molecule has 0 bridgehead atoms. The van der Waals surface area contributed by atoms with E-state index in [0.717, 1.165) is 42.4 Å². The number of quaternary nitrogens is 1. The molecule has 1 saturated heterocycles. The summed E-state index contributed by atoms with van der Waals surface area (Å²) in [4.78, 5) is 1.52. The van der Waals surface area contributed by atoms with Crippen molar-refractivity contribution in [2.75, 3.05) is 27.3 Å². The first-order valence-electron chi connectivity index (χ1n) is 10.4. The Hall–Kier alpha value is -2.15. The second-order valence-electron chi connectivity index (χ2n) is 8.23. The number of ether oxygens (including phenoxy) is 2. The molecule has 1 aromatic heterocycles. The molecule has 1 fully saturated rings. The number of likely N-dealkylation sites (tertiary alicyclic amines) is 1. The molecule has 0 saturated carbocycles. The maximum Gasteiger partial charge on any atom is 0.214 e. The lowest BCUT2D eigenvalue weighted by Crippen LogP contribution is -3.12. The van der Waals surface area contributed by atoms with E-state index in [4.69, 9.17) is 9.47 Å². The largest absolute Gasteiger partial charge is 0.493 e. The van der Waals surface area contributed by atoms with Crippen molar-refractivity contribution in [1.29, 1.82) is 0 Å². The summed E-state index contributed by atoms with van der Waals surface area (Å²) >= 11 is 0.